The van der Waals surface area contributed by atoms with Crippen LogP contribution in [0.2, 0.25) is 0 Å². The molecule has 0 saturated heterocycles. The first-order valence-corrected chi connectivity index (χ1v) is 8.25. The molecule has 0 spiro atoms. The van der Waals surface area contributed by atoms with Crippen molar-refractivity contribution in [3.8, 4) is 0 Å². The number of carboxylic acids is 1. The van der Waals surface area contributed by atoms with E-state index in [9.17, 15) is 13.2 Å². The van der Waals surface area contributed by atoms with Gasteiger partial charge in [0.25, 0.3) is 0 Å². The number of rotatable bonds is 9. The molecule has 4 nitrogen and oxygen atoms in total. The topological polar surface area (TPSA) is 71.4 Å². The molecule has 0 bridgehead atoms. The van der Waals surface area contributed by atoms with Crippen LogP contribution < -0.4 is 0 Å². The molecule has 0 unspecified atom stereocenters. The molecule has 0 atom stereocenters. The summed E-state index contributed by atoms with van der Waals surface area (Å²) in [7, 11) is -3.27. The van der Waals surface area contributed by atoms with E-state index in [1.54, 1.807) is 12.1 Å². The molecule has 0 amide bonds. The highest BCUT2D eigenvalue weighted by atomic mass is 32.2. The number of sulfone groups is 1. The summed E-state index contributed by atoms with van der Waals surface area (Å²) < 4.78 is 24.1. The molecule has 110 valence electrons. The second-order valence-electron chi connectivity index (χ2n) is 4.67. The van der Waals surface area contributed by atoms with Gasteiger partial charge in [-0.05, 0) is 37.0 Å². The van der Waals surface area contributed by atoms with Crippen LogP contribution in [0.3, 0.4) is 0 Å². The van der Waals surface area contributed by atoms with Gasteiger partial charge in [-0.15, -0.1) is 6.58 Å². The Hall–Kier alpha value is -1.62. The molecule has 0 aliphatic carbocycles. The van der Waals surface area contributed by atoms with Crippen molar-refractivity contribution in [2.45, 2.75) is 37.0 Å². The summed E-state index contributed by atoms with van der Waals surface area (Å²) in [6, 6.07) is 6.08. The highest BCUT2D eigenvalue weighted by molar-refractivity contribution is 7.91. The van der Waals surface area contributed by atoms with Crippen LogP contribution in [-0.4, -0.2) is 25.2 Å². The van der Waals surface area contributed by atoms with E-state index in [0.717, 1.165) is 19.3 Å². The van der Waals surface area contributed by atoms with E-state index in [0.29, 0.717) is 12.0 Å². The van der Waals surface area contributed by atoms with Crippen LogP contribution in [0, 0.1) is 0 Å². The fourth-order valence-corrected chi connectivity index (χ4v) is 3.24. The molecule has 0 aliphatic heterocycles. The van der Waals surface area contributed by atoms with Crippen molar-refractivity contribution in [2.75, 3.05) is 5.75 Å². The van der Waals surface area contributed by atoms with Crippen molar-refractivity contribution in [1.29, 1.82) is 0 Å². The molecule has 0 radical (unpaired) electrons. The van der Waals surface area contributed by atoms with E-state index >= 15 is 0 Å². The average molecular weight is 296 g/mol. The fraction of sp³-hybridized carbons (Fsp3) is 0.400. The lowest BCUT2D eigenvalue weighted by atomic mass is 10.2. The van der Waals surface area contributed by atoms with Gasteiger partial charge in [0, 0.05) is 0 Å². The van der Waals surface area contributed by atoms with E-state index < -0.39 is 15.8 Å². The minimum atomic E-state index is -3.27. The number of hydrogen-bond acceptors (Lipinski definition) is 3. The maximum Gasteiger partial charge on any atom is 0.307 e. The normalized spacial score (nSPS) is 11.2. The SMILES string of the molecule is C=CCCCCCS(=O)(=O)c1ccc(CC(=O)O)cc1. The zero-order chi connectivity index (χ0) is 15.0. The summed E-state index contributed by atoms with van der Waals surface area (Å²) in [4.78, 5) is 10.8. The van der Waals surface area contributed by atoms with Gasteiger partial charge < -0.3 is 5.11 Å². The van der Waals surface area contributed by atoms with Crippen molar-refractivity contribution in [1.82, 2.24) is 0 Å². The van der Waals surface area contributed by atoms with Gasteiger partial charge in [-0.3, -0.25) is 4.79 Å². The lowest BCUT2D eigenvalue weighted by Crippen LogP contribution is -2.07. The number of allylic oxidation sites excluding steroid dienone is 1. The van der Waals surface area contributed by atoms with E-state index in [1.807, 2.05) is 6.08 Å². The van der Waals surface area contributed by atoms with E-state index in [2.05, 4.69) is 6.58 Å². The highest BCUT2D eigenvalue weighted by Crippen LogP contribution is 2.15. The molecule has 0 heterocycles. The molecular weight excluding hydrogens is 276 g/mol. The molecule has 20 heavy (non-hydrogen) atoms. The van der Waals surface area contributed by atoms with Crippen LogP contribution in [-0.2, 0) is 21.1 Å². The van der Waals surface area contributed by atoms with Crippen molar-refractivity contribution >= 4 is 15.8 Å². The fourth-order valence-electron chi connectivity index (χ4n) is 1.86. The Bertz CT molecular complexity index is 544. The molecule has 0 fully saturated rings. The molecule has 1 rings (SSSR count). The molecule has 1 N–H and O–H groups in total. The van der Waals surface area contributed by atoms with Crippen molar-refractivity contribution < 1.29 is 18.3 Å². The Morgan fingerprint density at radius 3 is 2.35 bits per heavy atom. The van der Waals surface area contributed by atoms with Gasteiger partial charge in [0.2, 0.25) is 0 Å². The number of aliphatic carboxylic acids is 1. The Morgan fingerprint density at radius 1 is 1.15 bits per heavy atom. The molecule has 1 aromatic carbocycles. The van der Waals surface area contributed by atoms with Gasteiger partial charge in [-0.1, -0.05) is 24.6 Å². The summed E-state index contributed by atoms with van der Waals surface area (Å²) in [5, 5.41) is 8.66. The minimum Gasteiger partial charge on any atom is -0.481 e. The number of carbonyl (C=O) groups is 1. The zero-order valence-electron chi connectivity index (χ0n) is 11.4. The second kappa shape index (κ2) is 7.85. The van der Waals surface area contributed by atoms with Gasteiger partial charge in [0.1, 0.15) is 0 Å². The maximum absolute atomic E-state index is 12.1. The summed E-state index contributed by atoms with van der Waals surface area (Å²) in [5.74, 6) is -0.801. The number of carboxylic acid groups (broad SMARTS) is 1. The molecule has 5 heteroatoms. The third-order valence-electron chi connectivity index (χ3n) is 2.96. The second-order valence-corrected chi connectivity index (χ2v) is 6.78. The lowest BCUT2D eigenvalue weighted by molar-refractivity contribution is -0.136. The summed E-state index contributed by atoms with van der Waals surface area (Å²) >= 11 is 0. The van der Waals surface area contributed by atoms with E-state index in [4.69, 9.17) is 5.11 Å². The van der Waals surface area contributed by atoms with Gasteiger partial charge in [-0.2, -0.15) is 0 Å². The highest BCUT2D eigenvalue weighted by Gasteiger charge is 2.13. The van der Waals surface area contributed by atoms with Gasteiger partial charge in [-0.25, -0.2) is 8.42 Å². The predicted octanol–water partition coefficient (Wildman–Crippen LogP) is 2.83. The minimum absolute atomic E-state index is 0.0954. The molecule has 0 aliphatic rings. The Balaban J connectivity index is 2.58. The van der Waals surface area contributed by atoms with Crippen LogP contribution in [0.1, 0.15) is 31.2 Å². The van der Waals surface area contributed by atoms with Gasteiger partial charge in [0.05, 0.1) is 17.1 Å². The Labute approximate surface area is 120 Å². The Morgan fingerprint density at radius 2 is 1.80 bits per heavy atom. The van der Waals surface area contributed by atoms with Crippen LogP contribution in [0.25, 0.3) is 0 Å². The summed E-state index contributed by atoms with van der Waals surface area (Å²) in [6.07, 6.45) is 5.09. The summed E-state index contributed by atoms with van der Waals surface area (Å²) in [6.45, 7) is 3.62. The van der Waals surface area contributed by atoms with Crippen molar-refractivity contribution in [2.24, 2.45) is 0 Å². The lowest BCUT2D eigenvalue weighted by Gasteiger charge is -2.05. The largest absolute Gasteiger partial charge is 0.481 e. The molecular formula is C15H20O4S. The van der Waals surface area contributed by atoms with Crippen molar-refractivity contribution in [3.63, 3.8) is 0 Å². The molecule has 0 aromatic heterocycles. The number of benzene rings is 1. The van der Waals surface area contributed by atoms with Crippen molar-refractivity contribution in [3.05, 3.63) is 42.5 Å². The van der Waals surface area contributed by atoms with Crippen LogP contribution in [0.4, 0.5) is 0 Å². The molecule has 1 aromatic rings. The Kier molecular flexibility index (Phi) is 6.45. The standard InChI is InChI=1S/C15H20O4S/c1-2-3-4-5-6-11-20(18,19)14-9-7-13(8-10-14)12-15(16)17/h2,7-10H,1,3-6,11-12H2,(H,16,17). The quantitative estimate of drug-likeness (QED) is 0.562. The molecule has 0 saturated carbocycles. The predicted molar refractivity (Wildman–Crippen MR) is 78.5 cm³/mol. The van der Waals surface area contributed by atoms with Crippen LogP contribution in [0.15, 0.2) is 41.8 Å². The maximum atomic E-state index is 12.1. The zero-order valence-corrected chi connectivity index (χ0v) is 12.2. The number of hydrogen-bond donors (Lipinski definition) is 1. The van der Waals surface area contributed by atoms with Crippen LogP contribution in [0.5, 0.6) is 0 Å². The average Bonchev–Trinajstić information content (AvgIpc) is 2.38. The third-order valence-corrected chi connectivity index (χ3v) is 4.78. The summed E-state index contributed by atoms with van der Waals surface area (Å²) in [5.41, 5.74) is 0.599. The monoisotopic (exact) mass is 296 g/mol. The van der Waals surface area contributed by atoms with E-state index in [1.165, 1.54) is 12.1 Å². The number of unbranched alkanes of at least 4 members (excludes halogenated alkanes) is 3. The van der Waals surface area contributed by atoms with Gasteiger partial charge >= 0.3 is 5.97 Å². The van der Waals surface area contributed by atoms with E-state index in [-0.39, 0.29) is 17.1 Å². The van der Waals surface area contributed by atoms with Crippen LogP contribution >= 0.6 is 0 Å². The third kappa shape index (κ3) is 5.57. The van der Waals surface area contributed by atoms with Gasteiger partial charge in [0.15, 0.2) is 9.84 Å². The smallest absolute Gasteiger partial charge is 0.307 e. The first kappa shape index (κ1) is 16.4. The first-order valence-electron chi connectivity index (χ1n) is 6.60. The first-order chi connectivity index (χ1) is 9.45.